The molecule has 3 aliphatic rings. The van der Waals surface area contributed by atoms with Crippen LogP contribution in [0.3, 0.4) is 0 Å². The number of hydrogen-bond donors (Lipinski definition) is 2. The maximum atomic E-state index is 14.0. The smallest absolute Gasteiger partial charge is 0.127 e. The summed E-state index contributed by atoms with van der Waals surface area (Å²) in [4.78, 5) is 0. The molecule has 0 aromatic heterocycles. The molecule has 0 amide bonds. The fourth-order valence-electron chi connectivity index (χ4n) is 5.47. The second-order valence-electron chi connectivity index (χ2n) is 8.97. The van der Waals surface area contributed by atoms with Gasteiger partial charge in [-0.25, -0.2) is 4.39 Å². The van der Waals surface area contributed by atoms with Crippen molar-refractivity contribution in [2.45, 2.75) is 71.1 Å². The fourth-order valence-corrected chi connectivity index (χ4v) is 5.47. The van der Waals surface area contributed by atoms with Crippen molar-refractivity contribution in [3.63, 3.8) is 0 Å². The van der Waals surface area contributed by atoms with E-state index < -0.39 is 12.3 Å². The van der Waals surface area contributed by atoms with Gasteiger partial charge in [-0.1, -0.05) is 62.0 Å². The van der Waals surface area contributed by atoms with Crippen LogP contribution in [0.25, 0.3) is 0 Å². The van der Waals surface area contributed by atoms with Gasteiger partial charge in [0.1, 0.15) is 6.17 Å². The van der Waals surface area contributed by atoms with E-state index in [1.165, 1.54) is 24.0 Å². The molecule has 0 aromatic carbocycles. The predicted octanol–water partition coefficient (Wildman–Crippen LogP) is 5.60. The Morgan fingerprint density at radius 1 is 1.39 bits per heavy atom. The van der Waals surface area contributed by atoms with E-state index in [4.69, 9.17) is 5.11 Å². The standard InChI is InChI=1S/C25H35FO2/c1-17(7-4-5-14-27)22-11-12-23-19(8-6-13-25(22,23)3)9-10-20-15-21(28)16-24(26)18(20)2/h4,7,9-11,17,21,23-24,27-28H,2,5-6,8,12-16H2,1,3H3/b7-4+,19-9-,20-10+. The molecule has 0 saturated heterocycles. The third-order valence-electron chi connectivity index (χ3n) is 7.05. The van der Waals surface area contributed by atoms with Crippen LogP contribution >= 0.6 is 0 Å². The van der Waals surface area contributed by atoms with Gasteiger partial charge in [-0.15, -0.1) is 0 Å². The van der Waals surface area contributed by atoms with E-state index in [9.17, 15) is 9.50 Å². The van der Waals surface area contributed by atoms with Gasteiger partial charge in [-0.05, 0) is 66.9 Å². The number of halogens is 1. The van der Waals surface area contributed by atoms with Crippen LogP contribution in [-0.2, 0) is 0 Å². The Balaban J connectivity index is 1.78. The van der Waals surface area contributed by atoms with Crippen molar-refractivity contribution in [1.29, 1.82) is 0 Å². The van der Waals surface area contributed by atoms with E-state index in [0.29, 0.717) is 30.3 Å². The highest BCUT2D eigenvalue weighted by atomic mass is 19.1. The molecule has 2 saturated carbocycles. The van der Waals surface area contributed by atoms with E-state index in [0.717, 1.165) is 18.4 Å². The summed E-state index contributed by atoms with van der Waals surface area (Å²) in [6.45, 7) is 8.75. The van der Waals surface area contributed by atoms with Crippen LogP contribution < -0.4 is 0 Å². The van der Waals surface area contributed by atoms with Crippen LogP contribution in [0.15, 0.2) is 59.3 Å². The first-order chi connectivity index (χ1) is 13.4. The molecule has 0 spiro atoms. The molecule has 0 radical (unpaired) electrons. The topological polar surface area (TPSA) is 40.5 Å². The van der Waals surface area contributed by atoms with Gasteiger partial charge in [0.15, 0.2) is 0 Å². The predicted molar refractivity (Wildman–Crippen MR) is 114 cm³/mol. The summed E-state index contributed by atoms with van der Waals surface area (Å²) in [6, 6.07) is 0. The summed E-state index contributed by atoms with van der Waals surface area (Å²) in [6.07, 6.45) is 15.1. The van der Waals surface area contributed by atoms with Gasteiger partial charge in [0, 0.05) is 13.0 Å². The zero-order chi connectivity index (χ0) is 20.3. The molecule has 154 valence electrons. The molecule has 3 rings (SSSR count). The summed E-state index contributed by atoms with van der Waals surface area (Å²) >= 11 is 0. The third kappa shape index (κ3) is 4.26. The average Bonchev–Trinajstić information content (AvgIpc) is 3.01. The fraction of sp³-hybridized carbons (Fsp3) is 0.600. The Bertz CT molecular complexity index is 714. The zero-order valence-electron chi connectivity index (χ0n) is 17.3. The van der Waals surface area contributed by atoms with E-state index in [1.807, 2.05) is 6.08 Å². The van der Waals surface area contributed by atoms with Crippen molar-refractivity contribution in [3.05, 3.63) is 59.3 Å². The minimum atomic E-state index is -1.13. The lowest BCUT2D eigenvalue weighted by Crippen LogP contribution is -2.32. The zero-order valence-corrected chi connectivity index (χ0v) is 17.3. The maximum Gasteiger partial charge on any atom is 0.127 e. The highest BCUT2D eigenvalue weighted by Gasteiger charge is 2.45. The highest BCUT2D eigenvalue weighted by Crippen LogP contribution is 2.56. The molecular weight excluding hydrogens is 351 g/mol. The molecular formula is C25H35FO2. The molecule has 0 aromatic rings. The van der Waals surface area contributed by atoms with Crippen LogP contribution in [0.4, 0.5) is 4.39 Å². The van der Waals surface area contributed by atoms with E-state index >= 15 is 0 Å². The number of hydrogen-bond acceptors (Lipinski definition) is 2. The molecule has 0 heterocycles. The molecule has 3 aliphatic carbocycles. The molecule has 2 fully saturated rings. The number of aliphatic hydroxyl groups is 2. The summed E-state index contributed by atoms with van der Waals surface area (Å²) < 4.78 is 14.0. The Labute approximate surface area is 169 Å². The monoisotopic (exact) mass is 386 g/mol. The average molecular weight is 387 g/mol. The lowest BCUT2D eigenvalue weighted by molar-refractivity contribution is 0.124. The van der Waals surface area contributed by atoms with E-state index in [2.05, 4.69) is 44.7 Å². The molecule has 5 atom stereocenters. The normalized spacial score (nSPS) is 37.5. The summed E-state index contributed by atoms with van der Waals surface area (Å²) in [5, 5.41) is 18.9. The Morgan fingerprint density at radius 2 is 2.18 bits per heavy atom. The Hall–Kier alpha value is -1.45. The first-order valence-corrected chi connectivity index (χ1v) is 10.8. The van der Waals surface area contributed by atoms with Crippen molar-refractivity contribution in [3.8, 4) is 0 Å². The number of rotatable bonds is 5. The van der Waals surface area contributed by atoms with Crippen LogP contribution in [-0.4, -0.2) is 29.1 Å². The van der Waals surface area contributed by atoms with Crippen molar-refractivity contribution in [2.24, 2.45) is 17.3 Å². The molecule has 0 bridgehead atoms. The van der Waals surface area contributed by atoms with Crippen molar-refractivity contribution in [1.82, 2.24) is 0 Å². The maximum absolute atomic E-state index is 14.0. The number of fused-ring (bicyclic) bond motifs is 1. The van der Waals surface area contributed by atoms with Crippen LogP contribution in [0, 0.1) is 17.3 Å². The van der Waals surface area contributed by atoms with Gasteiger partial charge in [0.2, 0.25) is 0 Å². The molecule has 5 unspecified atom stereocenters. The second-order valence-corrected chi connectivity index (χ2v) is 8.97. The molecule has 2 nitrogen and oxygen atoms in total. The summed E-state index contributed by atoms with van der Waals surface area (Å²) in [5.74, 6) is 0.893. The molecule has 2 N–H and O–H groups in total. The van der Waals surface area contributed by atoms with E-state index in [-0.39, 0.29) is 18.4 Å². The van der Waals surface area contributed by atoms with Crippen molar-refractivity contribution < 1.29 is 14.6 Å². The van der Waals surface area contributed by atoms with Gasteiger partial charge < -0.3 is 10.2 Å². The van der Waals surface area contributed by atoms with E-state index in [1.54, 1.807) is 0 Å². The quantitative estimate of drug-likeness (QED) is 0.604. The number of alkyl halides is 1. The Kier molecular flexibility index (Phi) is 6.77. The van der Waals surface area contributed by atoms with Gasteiger partial charge in [-0.2, -0.15) is 0 Å². The van der Waals surface area contributed by atoms with Gasteiger partial charge in [0.05, 0.1) is 6.10 Å². The van der Waals surface area contributed by atoms with Gasteiger partial charge in [-0.3, -0.25) is 0 Å². The largest absolute Gasteiger partial charge is 0.396 e. The molecule has 0 aliphatic heterocycles. The van der Waals surface area contributed by atoms with Crippen molar-refractivity contribution >= 4 is 0 Å². The lowest BCUT2D eigenvalue weighted by atomic mass is 9.62. The summed E-state index contributed by atoms with van der Waals surface area (Å²) in [5.41, 5.74) is 4.54. The molecule has 3 heteroatoms. The minimum absolute atomic E-state index is 0.169. The number of aliphatic hydroxyl groups excluding tert-OH is 2. The number of allylic oxidation sites excluding steroid dienone is 7. The van der Waals surface area contributed by atoms with Gasteiger partial charge >= 0.3 is 0 Å². The van der Waals surface area contributed by atoms with Crippen molar-refractivity contribution in [2.75, 3.05) is 6.61 Å². The minimum Gasteiger partial charge on any atom is -0.396 e. The SMILES string of the molecule is C=C1/C(=C/C=C2/CCCC3(C)C(C(C)/C=C/CCO)=CCC23)CC(O)CC1F. The first kappa shape index (κ1) is 21.3. The second kappa shape index (κ2) is 8.92. The van der Waals surface area contributed by atoms with Crippen LogP contribution in [0.2, 0.25) is 0 Å². The molecule has 28 heavy (non-hydrogen) atoms. The van der Waals surface area contributed by atoms with Gasteiger partial charge in [0.25, 0.3) is 0 Å². The summed E-state index contributed by atoms with van der Waals surface area (Å²) in [7, 11) is 0. The van der Waals surface area contributed by atoms with Crippen LogP contribution in [0.1, 0.15) is 58.8 Å². The highest BCUT2D eigenvalue weighted by molar-refractivity contribution is 5.40. The lowest BCUT2D eigenvalue weighted by Gasteiger charge is -2.42. The first-order valence-electron chi connectivity index (χ1n) is 10.8. The van der Waals surface area contributed by atoms with Crippen LogP contribution in [0.5, 0.6) is 0 Å². The third-order valence-corrected chi connectivity index (χ3v) is 7.05. The Morgan fingerprint density at radius 3 is 2.93 bits per heavy atom.